The summed E-state index contributed by atoms with van der Waals surface area (Å²) < 4.78 is 0. The number of aliphatic hydroxyl groups is 1. The lowest BCUT2D eigenvalue weighted by Crippen LogP contribution is -2.43. The summed E-state index contributed by atoms with van der Waals surface area (Å²) >= 11 is 6.15. The van der Waals surface area contributed by atoms with Gasteiger partial charge >= 0.3 is 0 Å². The van der Waals surface area contributed by atoms with Crippen LogP contribution in [0.4, 0.5) is 5.82 Å². The highest BCUT2D eigenvalue weighted by molar-refractivity contribution is 6.31. The number of halogens is 1. The predicted molar refractivity (Wildman–Crippen MR) is 76.8 cm³/mol. The Labute approximate surface area is 118 Å². The van der Waals surface area contributed by atoms with Gasteiger partial charge in [0.2, 0.25) is 0 Å². The first kappa shape index (κ1) is 14.5. The van der Waals surface area contributed by atoms with Crippen molar-refractivity contribution >= 4 is 17.4 Å². The predicted octanol–water partition coefficient (Wildman–Crippen LogP) is 1.76. The Hall–Kier alpha value is -0.880. The molecular formula is C13H21ClN4O. The summed E-state index contributed by atoms with van der Waals surface area (Å²) in [6, 6.07) is 3.70. The van der Waals surface area contributed by atoms with E-state index >= 15 is 0 Å². The summed E-state index contributed by atoms with van der Waals surface area (Å²) in [6.07, 6.45) is 3.91. The molecule has 1 aromatic heterocycles. The number of nitrogens with zero attached hydrogens (tertiary/aromatic N) is 2. The first-order valence-corrected chi connectivity index (χ1v) is 7.00. The maximum atomic E-state index is 10.1. The minimum absolute atomic E-state index is 0.182. The van der Waals surface area contributed by atoms with Crippen LogP contribution >= 0.6 is 11.6 Å². The molecule has 0 aliphatic heterocycles. The second kappa shape index (κ2) is 6.52. The summed E-state index contributed by atoms with van der Waals surface area (Å²) in [4.78, 5) is 6.48. The highest BCUT2D eigenvalue weighted by Gasteiger charge is 2.27. The van der Waals surface area contributed by atoms with Crippen molar-refractivity contribution in [3.05, 3.63) is 22.8 Å². The Kier molecular flexibility index (Phi) is 4.99. The van der Waals surface area contributed by atoms with Crippen molar-refractivity contribution in [3.63, 3.8) is 0 Å². The lowest BCUT2D eigenvalue weighted by molar-refractivity contribution is 0.0284. The molecule has 1 heterocycles. The Balaban J connectivity index is 2.07. The molecule has 2 unspecified atom stereocenters. The molecule has 106 valence electrons. The third kappa shape index (κ3) is 3.57. The van der Waals surface area contributed by atoms with Crippen molar-refractivity contribution in [2.45, 2.75) is 44.4 Å². The summed E-state index contributed by atoms with van der Waals surface area (Å²) in [6.45, 7) is 0.607. The number of pyridine rings is 1. The fourth-order valence-electron chi connectivity index (χ4n) is 2.63. The van der Waals surface area contributed by atoms with Gasteiger partial charge in [0.15, 0.2) is 0 Å². The second-order valence-electron chi connectivity index (χ2n) is 5.10. The average molecular weight is 285 g/mol. The molecule has 0 aromatic carbocycles. The van der Waals surface area contributed by atoms with Crippen LogP contribution in [-0.4, -0.2) is 34.2 Å². The van der Waals surface area contributed by atoms with E-state index in [4.69, 9.17) is 17.4 Å². The lowest BCUT2D eigenvalue weighted by atomic mass is 9.91. The number of nitrogens with one attached hydrogen (secondary N) is 1. The molecule has 2 rings (SSSR count). The third-order valence-electron chi connectivity index (χ3n) is 3.73. The quantitative estimate of drug-likeness (QED) is 0.580. The van der Waals surface area contributed by atoms with Crippen molar-refractivity contribution in [2.24, 2.45) is 5.84 Å². The first-order valence-electron chi connectivity index (χ1n) is 6.62. The van der Waals surface area contributed by atoms with E-state index in [9.17, 15) is 5.11 Å². The Morgan fingerprint density at radius 3 is 2.89 bits per heavy atom. The van der Waals surface area contributed by atoms with Crippen LogP contribution in [0.3, 0.4) is 0 Å². The SMILES string of the molecule is CN(Cc1nc(NN)ccc1Cl)C1CCCCC1O. The maximum Gasteiger partial charge on any atom is 0.140 e. The third-order valence-corrected chi connectivity index (χ3v) is 4.07. The monoisotopic (exact) mass is 284 g/mol. The largest absolute Gasteiger partial charge is 0.391 e. The zero-order chi connectivity index (χ0) is 13.8. The Bertz CT molecular complexity index is 429. The minimum Gasteiger partial charge on any atom is -0.391 e. The van der Waals surface area contributed by atoms with E-state index in [-0.39, 0.29) is 12.1 Å². The van der Waals surface area contributed by atoms with Crippen molar-refractivity contribution in [3.8, 4) is 0 Å². The fourth-order valence-corrected chi connectivity index (χ4v) is 2.80. The van der Waals surface area contributed by atoms with E-state index in [0.717, 1.165) is 31.4 Å². The van der Waals surface area contributed by atoms with Crippen molar-refractivity contribution in [1.29, 1.82) is 0 Å². The Morgan fingerprint density at radius 1 is 1.47 bits per heavy atom. The van der Waals surface area contributed by atoms with Crippen LogP contribution in [0.2, 0.25) is 5.02 Å². The second-order valence-corrected chi connectivity index (χ2v) is 5.51. The highest BCUT2D eigenvalue weighted by atomic mass is 35.5. The number of nitrogen functional groups attached to an aromatic ring is 1. The maximum absolute atomic E-state index is 10.1. The molecule has 5 nitrogen and oxygen atoms in total. The molecule has 0 spiro atoms. The van der Waals surface area contributed by atoms with Crippen LogP contribution in [0.25, 0.3) is 0 Å². The summed E-state index contributed by atoms with van der Waals surface area (Å²) in [5.74, 6) is 5.95. The van der Waals surface area contributed by atoms with Gasteiger partial charge in [0, 0.05) is 12.6 Å². The topological polar surface area (TPSA) is 74.4 Å². The normalized spacial score (nSPS) is 23.6. The standard InChI is InChI=1S/C13H21ClN4O/c1-18(11-4-2-3-5-12(11)19)8-10-9(14)6-7-13(16-10)17-15/h6-7,11-12,19H,2-5,8,15H2,1H3,(H,16,17). The first-order chi connectivity index (χ1) is 9.11. The van der Waals surface area contributed by atoms with Gasteiger partial charge in [-0.15, -0.1) is 0 Å². The smallest absolute Gasteiger partial charge is 0.140 e. The fraction of sp³-hybridized carbons (Fsp3) is 0.615. The number of aromatic nitrogens is 1. The van der Waals surface area contributed by atoms with Crippen LogP contribution < -0.4 is 11.3 Å². The van der Waals surface area contributed by atoms with Gasteiger partial charge in [-0.05, 0) is 32.0 Å². The molecule has 19 heavy (non-hydrogen) atoms. The summed E-state index contributed by atoms with van der Waals surface area (Å²) in [5, 5.41) is 10.7. The van der Waals surface area contributed by atoms with E-state index in [1.54, 1.807) is 12.1 Å². The summed E-state index contributed by atoms with van der Waals surface area (Å²) in [7, 11) is 2.00. The molecule has 1 fully saturated rings. The van der Waals surface area contributed by atoms with Crippen LogP contribution in [0, 0.1) is 0 Å². The van der Waals surface area contributed by atoms with Crippen LogP contribution in [0.15, 0.2) is 12.1 Å². The van der Waals surface area contributed by atoms with Gasteiger partial charge in [0.05, 0.1) is 16.8 Å². The Morgan fingerprint density at radius 2 is 2.21 bits per heavy atom. The molecule has 0 saturated heterocycles. The molecule has 4 N–H and O–H groups in total. The number of hydrogen-bond acceptors (Lipinski definition) is 5. The molecule has 1 aliphatic rings. The van der Waals surface area contributed by atoms with Crippen molar-refractivity contribution in [1.82, 2.24) is 9.88 Å². The van der Waals surface area contributed by atoms with Crippen LogP contribution in [0.1, 0.15) is 31.4 Å². The number of rotatable bonds is 4. The molecule has 0 bridgehead atoms. The van der Waals surface area contributed by atoms with Gasteiger partial charge in [0.25, 0.3) is 0 Å². The van der Waals surface area contributed by atoms with E-state index in [1.807, 2.05) is 7.05 Å². The number of hydrazine groups is 1. The average Bonchev–Trinajstić information content (AvgIpc) is 2.41. The number of aliphatic hydroxyl groups excluding tert-OH is 1. The van der Waals surface area contributed by atoms with E-state index < -0.39 is 0 Å². The summed E-state index contributed by atoms with van der Waals surface area (Å²) in [5.41, 5.74) is 3.29. The van der Waals surface area contributed by atoms with Crippen LogP contribution in [0.5, 0.6) is 0 Å². The number of likely N-dealkylation sites (N-methyl/N-ethyl adjacent to an activating group) is 1. The molecule has 6 heteroatoms. The van der Waals surface area contributed by atoms with Gasteiger partial charge in [-0.1, -0.05) is 24.4 Å². The minimum atomic E-state index is -0.256. The van der Waals surface area contributed by atoms with E-state index in [2.05, 4.69) is 15.3 Å². The van der Waals surface area contributed by atoms with Gasteiger partial charge < -0.3 is 10.5 Å². The van der Waals surface area contributed by atoms with Crippen molar-refractivity contribution < 1.29 is 5.11 Å². The van der Waals surface area contributed by atoms with E-state index in [1.165, 1.54) is 0 Å². The zero-order valence-corrected chi connectivity index (χ0v) is 11.9. The molecule has 1 aliphatic carbocycles. The molecular weight excluding hydrogens is 264 g/mol. The molecule has 1 aromatic rings. The molecule has 1 saturated carbocycles. The number of anilines is 1. The van der Waals surface area contributed by atoms with Gasteiger partial charge in [-0.25, -0.2) is 10.8 Å². The van der Waals surface area contributed by atoms with Gasteiger partial charge in [0.1, 0.15) is 5.82 Å². The highest BCUT2D eigenvalue weighted by Crippen LogP contribution is 2.25. The zero-order valence-electron chi connectivity index (χ0n) is 11.1. The van der Waals surface area contributed by atoms with Crippen LogP contribution in [-0.2, 0) is 6.54 Å². The van der Waals surface area contributed by atoms with Gasteiger partial charge in [-0.3, -0.25) is 4.90 Å². The lowest BCUT2D eigenvalue weighted by Gasteiger charge is -2.35. The van der Waals surface area contributed by atoms with Crippen molar-refractivity contribution in [2.75, 3.05) is 12.5 Å². The molecule has 0 radical (unpaired) electrons. The number of hydrogen-bond donors (Lipinski definition) is 3. The van der Waals surface area contributed by atoms with E-state index in [0.29, 0.717) is 17.4 Å². The molecule has 0 amide bonds. The number of nitrogens with two attached hydrogens (primary N) is 1. The molecule has 2 atom stereocenters. The van der Waals surface area contributed by atoms with Gasteiger partial charge in [-0.2, -0.15) is 0 Å².